The minimum absolute atomic E-state index is 0.0211. The fourth-order valence-corrected chi connectivity index (χ4v) is 10.2. The topological polar surface area (TPSA) is 181 Å². The predicted octanol–water partition coefficient (Wildman–Crippen LogP) is 4.18. The normalized spacial score (nSPS) is 31.8. The number of alkyl carbamates (subject to hydrolysis) is 1. The summed E-state index contributed by atoms with van der Waals surface area (Å²) in [4.78, 5) is 72.3. The highest BCUT2D eigenvalue weighted by molar-refractivity contribution is 7.91. The zero-order valence-corrected chi connectivity index (χ0v) is 32.1. The number of benzene rings is 1. The fourth-order valence-electron chi connectivity index (χ4n) is 8.80. The molecule has 15 heteroatoms. The molecular weight excluding hydrogens is 715 g/mol. The molecule has 0 spiro atoms. The van der Waals surface area contributed by atoms with Crippen LogP contribution in [0.25, 0.3) is 0 Å². The van der Waals surface area contributed by atoms with E-state index >= 15 is 0 Å². The Balaban J connectivity index is 1.16. The zero-order valence-electron chi connectivity index (χ0n) is 31.3. The van der Waals surface area contributed by atoms with Crippen molar-refractivity contribution in [2.75, 3.05) is 13.2 Å². The van der Waals surface area contributed by atoms with E-state index in [0.29, 0.717) is 45.2 Å². The van der Waals surface area contributed by atoms with Gasteiger partial charge in [-0.25, -0.2) is 18.0 Å². The van der Waals surface area contributed by atoms with E-state index in [2.05, 4.69) is 21.4 Å². The first-order valence-corrected chi connectivity index (χ1v) is 21.6. The Morgan fingerprint density at radius 1 is 0.907 bits per heavy atom. The summed E-state index contributed by atoms with van der Waals surface area (Å²) < 4.78 is 39.5. The summed E-state index contributed by atoms with van der Waals surface area (Å²) in [6.07, 6.45) is 8.94. The molecule has 0 radical (unpaired) electrons. The minimum Gasteiger partial charge on any atom is -0.449 e. The van der Waals surface area contributed by atoms with Crippen LogP contribution in [0, 0.1) is 11.8 Å². The van der Waals surface area contributed by atoms with Gasteiger partial charge in [0, 0.05) is 19.5 Å². The number of ether oxygens (including phenoxy) is 2. The van der Waals surface area contributed by atoms with Gasteiger partial charge in [0.15, 0.2) is 0 Å². The Hall–Kier alpha value is -3.88. The van der Waals surface area contributed by atoms with E-state index in [1.165, 1.54) is 10.5 Å². The number of carbonyl (C=O) groups is 5. The highest BCUT2D eigenvalue weighted by atomic mass is 32.2. The zero-order chi connectivity index (χ0) is 38.0. The highest BCUT2D eigenvalue weighted by Gasteiger charge is 2.62. The number of sulfonamides is 1. The monoisotopic (exact) mass is 769 g/mol. The van der Waals surface area contributed by atoms with Crippen LogP contribution in [0.2, 0.25) is 0 Å². The Morgan fingerprint density at radius 3 is 2.43 bits per heavy atom. The number of aryl methyl sites for hydroxylation is 1. The standard InChI is InChI=1S/C39H55N5O9S/c1-25-11-6-5-7-12-26-13-10-14-27-21-43(23-31(26)27)38(49)53-29-19-33-34(45)41-39(36(47)42-54(50,51)30-17-18-30)20-28(39)15-8-3-2-4-9-16-32(35(46)44(33)22-29)40-37(48)52-24-25/h10,13-14,25,28-30,32-33H,2-9,11-12,15-24H2,1H3,(H,40,48)(H,41,45)(H,42,47)/t25-,28-,29+,32-,33-,39+/m0/s1. The first-order valence-electron chi connectivity index (χ1n) is 20.1. The second kappa shape index (κ2) is 16.1. The summed E-state index contributed by atoms with van der Waals surface area (Å²) in [5.74, 6) is -2.00. The summed E-state index contributed by atoms with van der Waals surface area (Å²) in [7, 11) is -3.87. The van der Waals surface area contributed by atoms with Crippen LogP contribution < -0.4 is 15.4 Å². The number of amides is 5. The lowest BCUT2D eigenvalue weighted by Gasteiger charge is -2.30. The molecule has 14 nitrogen and oxygen atoms in total. The van der Waals surface area contributed by atoms with Crippen molar-refractivity contribution < 1.29 is 41.9 Å². The first kappa shape index (κ1) is 38.4. The quantitative estimate of drug-likeness (QED) is 0.407. The van der Waals surface area contributed by atoms with Crippen molar-refractivity contribution in [1.82, 2.24) is 25.2 Å². The van der Waals surface area contributed by atoms with Crippen LogP contribution in [-0.2, 0) is 53.4 Å². The predicted molar refractivity (Wildman–Crippen MR) is 197 cm³/mol. The van der Waals surface area contributed by atoms with Crippen LogP contribution in [0.5, 0.6) is 0 Å². The molecule has 2 saturated heterocycles. The molecular formula is C39H55N5O9S. The molecule has 4 fully saturated rings. The van der Waals surface area contributed by atoms with Crippen LogP contribution in [-0.4, -0.2) is 90.3 Å². The summed E-state index contributed by atoms with van der Waals surface area (Å²) in [6, 6.07) is 4.04. The van der Waals surface area contributed by atoms with E-state index in [0.717, 1.165) is 68.9 Å². The van der Waals surface area contributed by atoms with Crippen molar-refractivity contribution in [2.45, 2.75) is 152 Å². The van der Waals surface area contributed by atoms with Gasteiger partial charge in [-0.2, -0.15) is 0 Å². The lowest BCUT2D eigenvalue weighted by molar-refractivity contribution is -0.141. The van der Waals surface area contributed by atoms with Gasteiger partial charge in [-0.15, -0.1) is 0 Å². The average Bonchev–Trinajstić information content (AvgIpc) is 4.02. The smallest absolute Gasteiger partial charge is 0.410 e. The molecule has 0 aromatic heterocycles. The second-order valence-electron chi connectivity index (χ2n) is 16.5. The van der Waals surface area contributed by atoms with E-state index in [9.17, 15) is 32.4 Å². The SMILES string of the molecule is C[C@H]1CCCCCc2cccc3c2CN(C3)C(=O)O[C@@H]2C[C@H]3C(=O)N[C@]4(C(=O)NS(=O)(=O)C5CC5)C[C@@H]4CCCCCCC[C@H](NC(=O)OC1)C(=O)N3C2. The molecule has 296 valence electrons. The number of cyclic esters (lactones) is 1. The molecule has 2 saturated carbocycles. The highest BCUT2D eigenvalue weighted by Crippen LogP contribution is 2.48. The molecule has 1 aromatic carbocycles. The Kier molecular flexibility index (Phi) is 11.4. The van der Waals surface area contributed by atoms with Crippen molar-refractivity contribution >= 4 is 39.9 Å². The van der Waals surface area contributed by atoms with Crippen LogP contribution >= 0.6 is 0 Å². The molecule has 6 atom stereocenters. The maximum absolute atomic E-state index is 14.4. The van der Waals surface area contributed by atoms with Gasteiger partial charge in [0.1, 0.15) is 23.7 Å². The van der Waals surface area contributed by atoms with E-state index < -0.39 is 68.9 Å². The van der Waals surface area contributed by atoms with Gasteiger partial charge in [0.05, 0.1) is 18.4 Å². The third kappa shape index (κ3) is 8.65. The Labute approximate surface area is 317 Å². The molecule has 1 aromatic rings. The molecule has 5 bridgehead atoms. The van der Waals surface area contributed by atoms with Crippen molar-refractivity contribution in [2.24, 2.45) is 11.8 Å². The van der Waals surface area contributed by atoms with Gasteiger partial charge in [0.2, 0.25) is 21.8 Å². The summed E-state index contributed by atoms with van der Waals surface area (Å²) in [6.45, 7) is 2.98. The molecule has 6 aliphatic rings. The third-order valence-electron chi connectivity index (χ3n) is 12.3. The van der Waals surface area contributed by atoms with Gasteiger partial charge in [-0.3, -0.25) is 24.0 Å². The van der Waals surface area contributed by atoms with Crippen molar-refractivity contribution in [3.8, 4) is 0 Å². The van der Waals surface area contributed by atoms with E-state index in [1.807, 2.05) is 19.1 Å². The molecule has 4 heterocycles. The van der Waals surface area contributed by atoms with Gasteiger partial charge in [-0.05, 0) is 79.9 Å². The summed E-state index contributed by atoms with van der Waals surface area (Å²) in [5, 5.41) is 5.07. The first-order chi connectivity index (χ1) is 25.9. The number of hydrogen-bond donors (Lipinski definition) is 3. The van der Waals surface area contributed by atoms with Gasteiger partial charge in [0.25, 0.3) is 5.91 Å². The van der Waals surface area contributed by atoms with Crippen LogP contribution in [0.1, 0.15) is 120 Å². The number of hydrogen-bond acceptors (Lipinski definition) is 9. The Morgan fingerprint density at radius 2 is 1.63 bits per heavy atom. The van der Waals surface area contributed by atoms with Gasteiger partial charge in [-0.1, -0.05) is 70.1 Å². The number of fused-ring (bicyclic) bond motifs is 4. The molecule has 2 aliphatic carbocycles. The lowest BCUT2D eigenvalue weighted by atomic mass is 9.97. The molecule has 7 rings (SSSR count). The lowest BCUT2D eigenvalue weighted by Crippen LogP contribution is -2.58. The van der Waals surface area contributed by atoms with Gasteiger partial charge >= 0.3 is 12.2 Å². The maximum Gasteiger partial charge on any atom is 0.410 e. The van der Waals surface area contributed by atoms with Crippen LogP contribution in [0.4, 0.5) is 9.59 Å². The molecule has 54 heavy (non-hydrogen) atoms. The number of rotatable bonds is 3. The van der Waals surface area contributed by atoms with E-state index in [4.69, 9.17) is 9.47 Å². The maximum atomic E-state index is 14.4. The summed E-state index contributed by atoms with van der Waals surface area (Å²) >= 11 is 0. The number of carbonyl (C=O) groups excluding carboxylic acids is 5. The molecule has 3 N–H and O–H groups in total. The second-order valence-corrected chi connectivity index (χ2v) is 18.5. The molecule has 5 amide bonds. The van der Waals surface area contributed by atoms with E-state index in [-0.39, 0.29) is 37.8 Å². The average molecular weight is 770 g/mol. The largest absolute Gasteiger partial charge is 0.449 e. The minimum atomic E-state index is -3.87. The van der Waals surface area contributed by atoms with Gasteiger partial charge < -0.3 is 25.0 Å². The van der Waals surface area contributed by atoms with Crippen LogP contribution in [0.15, 0.2) is 18.2 Å². The molecule has 4 aliphatic heterocycles. The van der Waals surface area contributed by atoms with Crippen molar-refractivity contribution in [1.29, 1.82) is 0 Å². The third-order valence-corrected chi connectivity index (χ3v) is 14.1. The van der Waals surface area contributed by atoms with E-state index in [1.54, 1.807) is 4.90 Å². The summed E-state index contributed by atoms with van der Waals surface area (Å²) in [5.41, 5.74) is 2.00. The molecule has 0 unspecified atom stereocenters. The number of nitrogens with one attached hydrogen (secondary N) is 3. The van der Waals surface area contributed by atoms with Crippen LogP contribution in [0.3, 0.4) is 0 Å². The van der Waals surface area contributed by atoms with Crippen molar-refractivity contribution in [3.63, 3.8) is 0 Å². The fraction of sp³-hybridized carbons (Fsp3) is 0.718. The number of nitrogens with zero attached hydrogens (tertiary/aromatic N) is 2. The Bertz CT molecular complexity index is 1730. The van der Waals surface area contributed by atoms with Crippen molar-refractivity contribution in [3.05, 3.63) is 34.9 Å².